The van der Waals surface area contributed by atoms with Crippen LogP contribution in [0, 0.1) is 0 Å². The van der Waals surface area contributed by atoms with Gasteiger partial charge in [-0.1, -0.05) is 18.2 Å². The summed E-state index contributed by atoms with van der Waals surface area (Å²) in [5, 5.41) is 0. The van der Waals surface area contributed by atoms with Crippen LogP contribution in [-0.4, -0.2) is 0 Å². The minimum absolute atomic E-state index is 0.0160. The second kappa shape index (κ2) is 3.42. The molecule has 0 fully saturated rings. The number of halogens is 2. The molecule has 0 saturated carbocycles. The summed E-state index contributed by atoms with van der Waals surface area (Å²) in [5.74, 6) is -2.79. The van der Waals surface area contributed by atoms with E-state index in [1.54, 1.807) is 19.1 Å². The lowest BCUT2D eigenvalue weighted by molar-refractivity contribution is 0.0174. The first kappa shape index (κ1) is 10.1. The summed E-state index contributed by atoms with van der Waals surface area (Å²) >= 11 is 0. The molecule has 2 N–H and O–H groups in total. The Morgan fingerprint density at radius 3 is 2.46 bits per heavy atom. The standard InChI is InChI=1S/C10H13F2N/c1-7(13)8-4-3-5-9(6-8)10(2,11)12/h3-7H,13H2,1-2H3. The molecule has 1 atom stereocenters. The summed E-state index contributed by atoms with van der Waals surface area (Å²) in [7, 11) is 0. The van der Waals surface area contributed by atoms with Gasteiger partial charge in [-0.05, 0) is 18.6 Å². The van der Waals surface area contributed by atoms with Crippen molar-refractivity contribution in [2.45, 2.75) is 25.8 Å². The normalized spacial score (nSPS) is 14.2. The summed E-state index contributed by atoms with van der Waals surface area (Å²) in [4.78, 5) is 0. The van der Waals surface area contributed by atoms with Crippen molar-refractivity contribution >= 4 is 0 Å². The molecule has 1 rings (SSSR count). The van der Waals surface area contributed by atoms with E-state index in [1.165, 1.54) is 12.1 Å². The van der Waals surface area contributed by atoms with Gasteiger partial charge in [-0.15, -0.1) is 0 Å². The van der Waals surface area contributed by atoms with Crippen molar-refractivity contribution < 1.29 is 8.78 Å². The van der Waals surface area contributed by atoms with Gasteiger partial charge in [-0.3, -0.25) is 0 Å². The molecular weight excluding hydrogens is 172 g/mol. The Morgan fingerprint density at radius 2 is 2.00 bits per heavy atom. The maximum absolute atomic E-state index is 12.9. The van der Waals surface area contributed by atoms with E-state index in [0.29, 0.717) is 0 Å². The molecule has 1 unspecified atom stereocenters. The molecule has 0 spiro atoms. The van der Waals surface area contributed by atoms with Crippen molar-refractivity contribution in [1.82, 2.24) is 0 Å². The predicted octanol–water partition coefficient (Wildman–Crippen LogP) is 2.82. The van der Waals surface area contributed by atoms with Crippen LogP contribution in [0.1, 0.15) is 31.0 Å². The third kappa shape index (κ3) is 2.49. The fraction of sp³-hybridized carbons (Fsp3) is 0.400. The van der Waals surface area contributed by atoms with Crippen LogP contribution in [0.5, 0.6) is 0 Å². The molecule has 1 aromatic carbocycles. The van der Waals surface area contributed by atoms with Crippen LogP contribution in [0.4, 0.5) is 8.78 Å². The molecule has 0 aliphatic carbocycles. The summed E-state index contributed by atoms with van der Waals surface area (Å²) in [6.07, 6.45) is 0. The summed E-state index contributed by atoms with van der Waals surface area (Å²) in [5.41, 5.74) is 6.33. The molecule has 0 saturated heterocycles. The zero-order valence-electron chi connectivity index (χ0n) is 7.72. The average molecular weight is 185 g/mol. The summed E-state index contributed by atoms with van der Waals surface area (Å²) in [6.45, 7) is 2.65. The molecular formula is C10H13F2N. The lowest BCUT2D eigenvalue weighted by Crippen LogP contribution is -2.10. The maximum Gasteiger partial charge on any atom is 0.270 e. The minimum atomic E-state index is -2.79. The van der Waals surface area contributed by atoms with Gasteiger partial charge in [0.15, 0.2) is 0 Å². The monoisotopic (exact) mass is 185 g/mol. The Balaban J connectivity index is 3.06. The van der Waals surface area contributed by atoms with Crippen LogP contribution in [0.3, 0.4) is 0 Å². The number of rotatable bonds is 2. The lowest BCUT2D eigenvalue weighted by Gasteiger charge is -2.13. The van der Waals surface area contributed by atoms with Crippen LogP contribution >= 0.6 is 0 Å². The fourth-order valence-electron chi connectivity index (χ4n) is 1.09. The lowest BCUT2D eigenvalue weighted by atomic mass is 10.0. The highest BCUT2D eigenvalue weighted by Gasteiger charge is 2.24. The van der Waals surface area contributed by atoms with Crippen LogP contribution in [0.25, 0.3) is 0 Å². The fourth-order valence-corrected chi connectivity index (χ4v) is 1.09. The molecule has 13 heavy (non-hydrogen) atoms. The van der Waals surface area contributed by atoms with Crippen molar-refractivity contribution in [3.8, 4) is 0 Å². The van der Waals surface area contributed by atoms with Crippen LogP contribution in [-0.2, 0) is 5.92 Å². The van der Waals surface area contributed by atoms with E-state index in [-0.39, 0.29) is 11.6 Å². The first-order valence-electron chi connectivity index (χ1n) is 4.15. The molecule has 3 heteroatoms. The third-order valence-electron chi connectivity index (χ3n) is 1.92. The van der Waals surface area contributed by atoms with Crippen LogP contribution in [0.15, 0.2) is 24.3 Å². The van der Waals surface area contributed by atoms with E-state index < -0.39 is 5.92 Å². The van der Waals surface area contributed by atoms with Gasteiger partial charge in [-0.25, -0.2) is 8.78 Å². The molecule has 1 aromatic rings. The van der Waals surface area contributed by atoms with Gasteiger partial charge in [0.2, 0.25) is 0 Å². The Hall–Kier alpha value is -0.960. The molecule has 0 amide bonds. The highest BCUT2D eigenvalue weighted by molar-refractivity contribution is 5.28. The SMILES string of the molecule is CC(N)c1cccc(C(C)(F)F)c1. The first-order valence-corrected chi connectivity index (χ1v) is 4.15. The highest BCUT2D eigenvalue weighted by atomic mass is 19.3. The van der Waals surface area contributed by atoms with Crippen molar-refractivity contribution in [3.05, 3.63) is 35.4 Å². The Morgan fingerprint density at radius 1 is 1.38 bits per heavy atom. The highest BCUT2D eigenvalue weighted by Crippen LogP contribution is 2.28. The van der Waals surface area contributed by atoms with Crippen LogP contribution < -0.4 is 5.73 Å². The zero-order chi connectivity index (χ0) is 10.1. The van der Waals surface area contributed by atoms with Gasteiger partial charge in [0.1, 0.15) is 0 Å². The molecule has 0 aliphatic heterocycles. The van der Waals surface area contributed by atoms with Gasteiger partial charge in [-0.2, -0.15) is 0 Å². The summed E-state index contributed by atoms with van der Waals surface area (Å²) in [6, 6.07) is 6.00. The second-order valence-corrected chi connectivity index (χ2v) is 3.30. The number of hydrogen-bond acceptors (Lipinski definition) is 1. The molecule has 0 radical (unpaired) electrons. The van der Waals surface area contributed by atoms with E-state index in [2.05, 4.69) is 0 Å². The van der Waals surface area contributed by atoms with E-state index >= 15 is 0 Å². The smallest absolute Gasteiger partial charge is 0.270 e. The molecule has 1 nitrogen and oxygen atoms in total. The zero-order valence-corrected chi connectivity index (χ0v) is 7.72. The largest absolute Gasteiger partial charge is 0.324 e. The molecule has 0 heterocycles. The Labute approximate surface area is 76.6 Å². The predicted molar refractivity (Wildman–Crippen MR) is 48.6 cm³/mol. The topological polar surface area (TPSA) is 26.0 Å². The first-order chi connectivity index (χ1) is 5.91. The number of alkyl halides is 2. The number of nitrogens with two attached hydrogens (primary N) is 1. The molecule has 72 valence electrons. The van der Waals surface area contributed by atoms with Crippen molar-refractivity contribution in [3.63, 3.8) is 0 Å². The van der Waals surface area contributed by atoms with Crippen molar-refractivity contribution in [2.75, 3.05) is 0 Å². The third-order valence-corrected chi connectivity index (χ3v) is 1.92. The number of benzene rings is 1. The van der Waals surface area contributed by atoms with Crippen molar-refractivity contribution in [1.29, 1.82) is 0 Å². The second-order valence-electron chi connectivity index (χ2n) is 3.30. The molecule has 0 aliphatic rings. The van der Waals surface area contributed by atoms with Crippen molar-refractivity contribution in [2.24, 2.45) is 5.73 Å². The van der Waals surface area contributed by atoms with E-state index in [9.17, 15) is 8.78 Å². The Bertz CT molecular complexity index is 289. The van der Waals surface area contributed by atoms with Gasteiger partial charge in [0.25, 0.3) is 5.92 Å². The summed E-state index contributed by atoms with van der Waals surface area (Å²) < 4.78 is 25.7. The van der Waals surface area contributed by atoms with Gasteiger partial charge >= 0.3 is 0 Å². The van der Waals surface area contributed by atoms with Gasteiger partial charge in [0.05, 0.1) is 0 Å². The molecule has 0 bridgehead atoms. The Kier molecular flexibility index (Phi) is 2.66. The average Bonchev–Trinajstić information content (AvgIpc) is 2.03. The van der Waals surface area contributed by atoms with Gasteiger partial charge < -0.3 is 5.73 Å². The van der Waals surface area contributed by atoms with E-state index in [0.717, 1.165) is 12.5 Å². The molecule has 0 aromatic heterocycles. The van der Waals surface area contributed by atoms with E-state index in [4.69, 9.17) is 5.73 Å². The maximum atomic E-state index is 12.9. The minimum Gasteiger partial charge on any atom is -0.324 e. The van der Waals surface area contributed by atoms with E-state index in [1.807, 2.05) is 0 Å². The van der Waals surface area contributed by atoms with Gasteiger partial charge in [0, 0.05) is 18.5 Å². The quantitative estimate of drug-likeness (QED) is 0.753. The number of hydrogen-bond donors (Lipinski definition) is 1. The van der Waals surface area contributed by atoms with Crippen LogP contribution in [0.2, 0.25) is 0 Å².